The van der Waals surface area contributed by atoms with Crippen molar-refractivity contribution in [2.45, 2.75) is 105 Å². The van der Waals surface area contributed by atoms with E-state index in [4.69, 9.17) is 28.4 Å². The van der Waals surface area contributed by atoms with Gasteiger partial charge in [0.15, 0.2) is 24.6 Å². The van der Waals surface area contributed by atoms with Crippen LogP contribution in [0.5, 0.6) is 0 Å². The summed E-state index contributed by atoms with van der Waals surface area (Å²) in [6.45, 7) is 11.0. The summed E-state index contributed by atoms with van der Waals surface area (Å²) in [5.41, 5.74) is 0. The molecule has 10 heteroatoms. The smallest absolute Gasteiger partial charge is 0.303 e. The van der Waals surface area contributed by atoms with Crippen molar-refractivity contribution >= 4 is 23.9 Å². The van der Waals surface area contributed by atoms with E-state index in [1.165, 1.54) is 27.7 Å². The molecule has 194 valence electrons. The summed E-state index contributed by atoms with van der Waals surface area (Å²) in [5, 5.41) is 0. The third-order valence-corrected chi connectivity index (χ3v) is 6.22. The van der Waals surface area contributed by atoms with Crippen molar-refractivity contribution < 1.29 is 47.6 Å². The van der Waals surface area contributed by atoms with Crippen LogP contribution in [0.3, 0.4) is 0 Å². The summed E-state index contributed by atoms with van der Waals surface area (Å²) in [6.07, 6.45) is -3.07. The van der Waals surface area contributed by atoms with E-state index in [1.54, 1.807) is 0 Å². The molecular formula is C24H38O10. The number of hydrogen-bond donors (Lipinski definition) is 0. The van der Waals surface area contributed by atoms with Gasteiger partial charge in [-0.05, 0) is 30.6 Å². The Bertz CT molecular complexity index is 735. The Balaban J connectivity index is 2.43. The number of hydrogen-bond acceptors (Lipinski definition) is 10. The molecule has 1 heterocycles. The molecule has 8 atom stereocenters. The van der Waals surface area contributed by atoms with Gasteiger partial charge in [0, 0.05) is 27.7 Å². The van der Waals surface area contributed by atoms with Gasteiger partial charge in [-0.3, -0.25) is 19.2 Å². The Labute approximate surface area is 200 Å². The summed E-state index contributed by atoms with van der Waals surface area (Å²) >= 11 is 0. The van der Waals surface area contributed by atoms with Crippen molar-refractivity contribution in [3.05, 3.63) is 0 Å². The summed E-state index contributed by atoms with van der Waals surface area (Å²) < 4.78 is 34.0. The molecule has 0 radical (unpaired) electrons. The molecule has 2 aliphatic rings. The lowest BCUT2D eigenvalue weighted by Crippen LogP contribution is -2.63. The van der Waals surface area contributed by atoms with Crippen LogP contribution >= 0.6 is 0 Å². The van der Waals surface area contributed by atoms with Crippen LogP contribution in [0.25, 0.3) is 0 Å². The highest BCUT2D eigenvalue weighted by Gasteiger charge is 2.53. The van der Waals surface area contributed by atoms with Crippen molar-refractivity contribution in [2.24, 2.45) is 17.8 Å². The molecular weight excluding hydrogens is 448 g/mol. The molecule has 0 aromatic heterocycles. The average molecular weight is 487 g/mol. The van der Waals surface area contributed by atoms with E-state index in [9.17, 15) is 19.2 Å². The van der Waals surface area contributed by atoms with E-state index >= 15 is 0 Å². The van der Waals surface area contributed by atoms with Gasteiger partial charge in [0.1, 0.15) is 12.7 Å². The predicted octanol–water partition coefficient (Wildman–Crippen LogP) is 2.55. The van der Waals surface area contributed by atoms with Gasteiger partial charge >= 0.3 is 23.9 Å². The molecule has 0 spiro atoms. The Kier molecular flexibility index (Phi) is 10.3. The van der Waals surface area contributed by atoms with Gasteiger partial charge in [-0.25, -0.2) is 0 Å². The van der Waals surface area contributed by atoms with Gasteiger partial charge < -0.3 is 28.4 Å². The second-order valence-electron chi connectivity index (χ2n) is 9.57. The molecule has 1 aliphatic heterocycles. The quantitative estimate of drug-likeness (QED) is 0.373. The van der Waals surface area contributed by atoms with Crippen LogP contribution in [-0.4, -0.2) is 67.3 Å². The van der Waals surface area contributed by atoms with Gasteiger partial charge in [0.2, 0.25) is 0 Å². The minimum Gasteiger partial charge on any atom is -0.463 e. The summed E-state index contributed by atoms with van der Waals surface area (Å²) in [7, 11) is 0. The van der Waals surface area contributed by atoms with Crippen molar-refractivity contribution in [1.82, 2.24) is 0 Å². The van der Waals surface area contributed by atoms with Crippen molar-refractivity contribution in [3.8, 4) is 0 Å². The van der Waals surface area contributed by atoms with Crippen LogP contribution in [-0.2, 0) is 47.6 Å². The molecule has 2 rings (SSSR count). The Morgan fingerprint density at radius 2 is 1.38 bits per heavy atom. The maximum Gasteiger partial charge on any atom is 0.303 e. The van der Waals surface area contributed by atoms with Gasteiger partial charge in [0.25, 0.3) is 0 Å². The highest BCUT2D eigenvalue weighted by molar-refractivity contribution is 5.68. The van der Waals surface area contributed by atoms with Crippen molar-refractivity contribution in [3.63, 3.8) is 0 Å². The lowest BCUT2D eigenvalue weighted by Gasteiger charge is -2.46. The number of esters is 4. The molecule has 10 nitrogen and oxygen atoms in total. The zero-order chi connectivity index (χ0) is 25.6. The molecule has 1 aliphatic carbocycles. The second-order valence-corrected chi connectivity index (χ2v) is 9.57. The normalized spacial score (nSPS) is 33.6. The first-order valence-electron chi connectivity index (χ1n) is 11.8. The SMILES string of the molecule is CC(=O)OC[C@H]1O[C@H](O[C@H]2C[C@@H](C)CC[C@@H]2C(C)C)[C@H](OC(C)=O)[C@@H](OC(C)=O)[C@@H]1OC(C)=O. The summed E-state index contributed by atoms with van der Waals surface area (Å²) in [6, 6.07) is 0. The first-order valence-corrected chi connectivity index (χ1v) is 11.8. The first kappa shape index (κ1) is 28.0. The van der Waals surface area contributed by atoms with Gasteiger partial charge in [-0.2, -0.15) is 0 Å². The Morgan fingerprint density at radius 3 is 1.91 bits per heavy atom. The van der Waals surface area contributed by atoms with E-state index in [-0.39, 0.29) is 18.6 Å². The maximum absolute atomic E-state index is 12.0. The number of rotatable bonds is 8. The van der Waals surface area contributed by atoms with Crippen LogP contribution in [0.2, 0.25) is 0 Å². The minimum absolute atomic E-state index is 0.190. The fraction of sp³-hybridized carbons (Fsp3) is 0.833. The first-order chi connectivity index (χ1) is 15.9. The van der Waals surface area contributed by atoms with Gasteiger partial charge in [0.05, 0.1) is 6.10 Å². The van der Waals surface area contributed by atoms with Crippen molar-refractivity contribution in [2.75, 3.05) is 6.61 Å². The van der Waals surface area contributed by atoms with Gasteiger partial charge in [-0.1, -0.05) is 27.2 Å². The zero-order valence-corrected chi connectivity index (χ0v) is 21.1. The molecule has 34 heavy (non-hydrogen) atoms. The standard InChI is InChI=1S/C24H38O10/c1-12(2)18-9-8-13(3)10-19(18)33-24-23(32-17(7)28)22(31-16(6)27)21(30-15(5)26)20(34-24)11-29-14(4)25/h12-13,18-24H,8-11H2,1-7H3/t13-,18+,19-,20+,21+,22-,23+,24-/m0/s1. The Hall–Kier alpha value is -2.20. The van der Waals surface area contributed by atoms with Crippen molar-refractivity contribution in [1.29, 1.82) is 0 Å². The van der Waals surface area contributed by atoms with Crippen LogP contribution in [0.4, 0.5) is 0 Å². The fourth-order valence-electron chi connectivity index (χ4n) is 4.74. The molecule has 1 saturated carbocycles. The van der Waals surface area contributed by atoms with E-state index in [0.29, 0.717) is 11.8 Å². The van der Waals surface area contributed by atoms with E-state index in [2.05, 4.69) is 20.8 Å². The summed E-state index contributed by atoms with van der Waals surface area (Å²) in [4.78, 5) is 47.2. The number of ether oxygens (including phenoxy) is 6. The topological polar surface area (TPSA) is 124 Å². The molecule has 1 saturated heterocycles. The average Bonchev–Trinajstić information content (AvgIpc) is 2.69. The molecule has 0 bridgehead atoms. The highest BCUT2D eigenvalue weighted by Crippen LogP contribution is 2.38. The predicted molar refractivity (Wildman–Crippen MR) is 118 cm³/mol. The highest BCUT2D eigenvalue weighted by atomic mass is 16.7. The van der Waals surface area contributed by atoms with Crippen LogP contribution in [0.1, 0.15) is 67.7 Å². The largest absolute Gasteiger partial charge is 0.463 e. The third kappa shape index (κ3) is 7.94. The van der Waals surface area contributed by atoms with Crippen LogP contribution < -0.4 is 0 Å². The maximum atomic E-state index is 12.0. The van der Waals surface area contributed by atoms with E-state index in [1.807, 2.05) is 0 Å². The van der Waals surface area contributed by atoms with Crippen LogP contribution in [0.15, 0.2) is 0 Å². The number of carbonyl (C=O) groups is 4. The Morgan fingerprint density at radius 1 is 0.824 bits per heavy atom. The summed E-state index contributed by atoms with van der Waals surface area (Å²) in [5.74, 6) is -1.50. The lowest BCUT2D eigenvalue weighted by atomic mass is 9.75. The number of carbonyl (C=O) groups excluding carboxylic acids is 4. The van der Waals surface area contributed by atoms with E-state index in [0.717, 1.165) is 19.3 Å². The second kappa shape index (κ2) is 12.5. The lowest BCUT2D eigenvalue weighted by molar-refractivity contribution is -0.323. The third-order valence-electron chi connectivity index (χ3n) is 6.22. The zero-order valence-electron chi connectivity index (χ0n) is 21.1. The molecule has 0 amide bonds. The monoisotopic (exact) mass is 486 g/mol. The van der Waals surface area contributed by atoms with E-state index < -0.39 is 54.6 Å². The molecule has 0 N–H and O–H groups in total. The minimum atomic E-state index is -1.22. The van der Waals surface area contributed by atoms with Gasteiger partial charge in [-0.15, -0.1) is 0 Å². The molecule has 0 aromatic carbocycles. The fourth-order valence-corrected chi connectivity index (χ4v) is 4.74. The van der Waals surface area contributed by atoms with Crippen LogP contribution in [0, 0.1) is 17.8 Å². The molecule has 0 unspecified atom stereocenters. The molecule has 0 aromatic rings. The molecule has 2 fully saturated rings.